The van der Waals surface area contributed by atoms with Gasteiger partial charge in [-0.25, -0.2) is 13.8 Å². The lowest BCUT2D eigenvalue weighted by molar-refractivity contribution is -0.122. The molecule has 1 N–H and O–H groups in total. The Balaban J connectivity index is 2.23. The number of amides is 1. The van der Waals surface area contributed by atoms with Crippen LogP contribution in [0.25, 0.3) is 16.6 Å². The van der Waals surface area contributed by atoms with Crippen molar-refractivity contribution in [3.63, 3.8) is 0 Å². The highest BCUT2D eigenvalue weighted by Gasteiger charge is 2.17. The summed E-state index contributed by atoms with van der Waals surface area (Å²) in [6, 6.07) is 10.1. The van der Waals surface area contributed by atoms with E-state index in [1.54, 1.807) is 24.3 Å². The second-order valence-electron chi connectivity index (χ2n) is 6.50. The Morgan fingerprint density at radius 3 is 2.61 bits per heavy atom. The third-order valence-corrected chi connectivity index (χ3v) is 4.82. The van der Waals surface area contributed by atoms with Crippen LogP contribution in [0.3, 0.4) is 0 Å². The first kappa shape index (κ1) is 19.8. The van der Waals surface area contributed by atoms with Gasteiger partial charge >= 0.3 is 5.69 Å². The summed E-state index contributed by atoms with van der Waals surface area (Å²) in [4.78, 5) is 38.4. The molecule has 1 heterocycles. The van der Waals surface area contributed by atoms with Gasteiger partial charge in [-0.1, -0.05) is 30.7 Å². The monoisotopic (exact) mass is 403 g/mol. The number of hydrogen-bond acceptors (Lipinski definition) is 3. The van der Waals surface area contributed by atoms with Crippen LogP contribution in [0, 0.1) is 5.82 Å². The molecular formula is C20H19ClFN3O3. The fourth-order valence-electron chi connectivity index (χ4n) is 2.89. The third-order valence-electron chi connectivity index (χ3n) is 4.53. The fraction of sp³-hybridized carbons (Fsp3) is 0.250. The first-order chi connectivity index (χ1) is 13.3. The minimum absolute atomic E-state index is 0.0451. The Morgan fingerprint density at radius 2 is 1.93 bits per heavy atom. The number of hydrogen-bond donors (Lipinski definition) is 1. The largest absolute Gasteiger partial charge is 0.352 e. The molecule has 8 heteroatoms. The molecule has 146 valence electrons. The van der Waals surface area contributed by atoms with Crippen molar-refractivity contribution in [1.29, 1.82) is 0 Å². The predicted molar refractivity (Wildman–Crippen MR) is 107 cm³/mol. The van der Waals surface area contributed by atoms with Crippen LogP contribution in [0.15, 0.2) is 52.1 Å². The second-order valence-corrected chi connectivity index (χ2v) is 6.91. The van der Waals surface area contributed by atoms with Crippen molar-refractivity contribution in [3.05, 3.63) is 74.1 Å². The van der Waals surface area contributed by atoms with E-state index in [2.05, 4.69) is 5.32 Å². The van der Waals surface area contributed by atoms with E-state index >= 15 is 0 Å². The summed E-state index contributed by atoms with van der Waals surface area (Å²) >= 11 is 5.82. The summed E-state index contributed by atoms with van der Waals surface area (Å²) in [5, 5.41) is 2.86. The van der Waals surface area contributed by atoms with Crippen LogP contribution in [-0.4, -0.2) is 21.1 Å². The minimum Gasteiger partial charge on any atom is -0.352 e. The molecule has 0 fully saturated rings. The molecule has 6 nitrogen and oxygen atoms in total. The van der Waals surface area contributed by atoms with E-state index in [0.29, 0.717) is 5.52 Å². The maximum atomic E-state index is 13.5. The summed E-state index contributed by atoms with van der Waals surface area (Å²) in [6.45, 7) is 3.55. The molecule has 0 aliphatic heterocycles. The number of halogens is 2. The predicted octanol–water partition coefficient (Wildman–Crippen LogP) is 2.86. The van der Waals surface area contributed by atoms with Crippen LogP contribution < -0.4 is 16.6 Å². The average Bonchev–Trinajstić information content (AvgIpc) is 2.68. The number of nitrogens with one attached hydrogen (secondary N) is 1. The molecule has 0 bridgehead atoms. The SMILES string of the molecule is CC[C@@H](C)NC(=O)Cn1c(=O)n(-c2ccc(F)c(Cl)c2)c(=O)c2ccccc21. The molecule has 0 saturated heterocycles. The second kappa shape index (κ2) is 7.98. The van der Waals surface area contributed by atoms with Crippen molar-refractivity contribution < 1.29 is 9.18 Å². The van der Waals surface area contributed by atoms with Gasteiger partial charge < -0.3 is 5.32 Å². The Morgan fingerprint density at radius 1 is 1.21 bits per heavy atom. The molecule has 0 unspecified atom stereocenters. The molecule has 28 heavy (non-hydrogen) atoms. The number of carbonyl (C=O) groups is 1. The van der Waals surface area contributed by atoms with Crippen molar-refractivity contribution in [2.24, 2.45) is 0 Å². The number of rotatable bonds is 5. The first-order valence-corrected chi connectivity index (χ1v) is 9.20. The lowest BCUT2D eigenvalue weighted by atomic mass is 10.2. The number of aromatic nitrogens is 2. The molecule has 0 saturated carbocycles. The van der Waals surface area contributed by atoms with Gasteiger partial charge in [-0.05, 0) is 43.7 Å². The highest BCUT2D eigenvalue weighted by Crippen LogP contribution is 2.18. The van der Waals surface area contributed by atoms with Crippen LogP contribution in [0.5, 0.6) is 0 Å². The van der Waals surface area contributed by atoms with E-state index in [-0.39, 0.29) is 34.6 Å². The molecule has 2 aromatic carbocycles. The lowest BCUT2D eigenvalue weighted by Crippen LogP contribution is -2.43. The smallest absolute Gasteiger partial charge is 0.336 e. The van der Waals surface area contributed by atoms with Crippen molar-refractivity contribution in [2.75, 3.05) is 0 Å². The van der Waals surface area contributed by atoms with Crippen molar-refractivity contribution >= 4 is 28.4 Å². The van der Waals surface area contributed by atoms with Gasteiger partial charge in [0, 0.05) is 6.04 Å². The maximum Gasteiger partial charge on any atom is 0.336 e. The molecule has 0 spiro atoms. The summed E-state index contributed by atoms with van der Waals surface area (Å²) in [7, 11) is 0. The summed E-state index contributed by atoms with van der Waals surface area (Å²) in [5.74, 6) is -1.00. The number of nitrogens with zero attached hydrogens (tertiary/aromatic N) is 2. The third kappa shape index (κ3) is 3.71. The van der Waals surface area contributed by atoms with Gasteiger partial charge in [-0.2, -0.15) is 0 Å². The first-order valence-electron chi connectivity index (χ1n) is 8.82. The quantitative estimate of drug-likeness (QED) is 0.712. The molecule has 0 aliphatic rings. The van der Waals surface area contributed by atoms with Crippen LogP contribution in [-0.2, 0) is 11.3 Å². The number of fused-ring (bicyclic) bond motifs is 1. The van der Waals surface area contributed by atoms with Gasteiger partial charge in [0.05, 0.1) is 21.6 Å². The van der Waals surface area contributed by atoms with Crippen LogP contribution in [0.4, 0.5) is 4.39 Å². The zero-order valence-corrected chi connectivity index (χ0v) is 16.2. The highest BCUT2D eigenvalue weighted by molar-refractivity contribution is 6.30. The Bertz CT molecular complexity index is 1170. The molecular weight excluding hydrogens is 385 g/mol. The molecule has 1 atom stereocenters. The molecule has 3 aromatic rings. The summed E-state index contributed by atoms with van der Waals surface area (Å²) < 4.78 is 15.6. The molecule has 1 amide bonds. The standard InChI is InChI=1S/C20H19ClFN3O3/c1-3-12(2)23-18(26)11-24-17-7-5-4-6-14(17)19(27)25(20(24)28)13-8-9-16(22)15(21)10-13/h4-10,12H,3,11H2,1-2H3,(H,23,26)/t12-/m1/s1. The van der Waals surface area contributed by atoms with E-state index < -0.39 is 17.1 Å². The molecule has 0 radical (unpaired) electrons. The Hall–Kier alpha value is -2.93. The van der Waals surface area contributed by atoms with E-state index in [1.165, 1.54) is 16.7 Å². The van der Waals surface area contributed by atoms with Gasteiger partial charge in [0.1, 0.15) is 12.4 Å². The molecule has 3 rings (SSSR count). The number of para-hydroxylation sites is 1. The lowest BCUT2D eigenvalue weighted by Gasteiger charge is -2.16. The topological polar surface area (TPSA) is 73.1 Å². The van der Waals surface area contributed by atoms with Gasteiger partial charge in [0.2, 0.25) is 5.91 Å². The van der Waals surface area contributed by atoms with Gasteiger partial charge in [0.25, 0.3) is 5.56 Å². The van der Waals surface area contributed by atoms with E-state index in [4.69, 9.17) is 11.6 Å². The zero-order chi connectivity index (χ0) is 20.4. The maximum absolute atomic E-state index is 13.5. The van der Waals surface area contributed by atoms with Crippen molar-refractivity contribution in [1.82, 2.24) is 14.5 Å². The van der Waals surface area contributed by atoms with E-state index in [0.717, 1.165) is 17.1 Å². The van der Waals surface area contributed by atoms with E-state index in [9.17, 15) is 18.8 Å². The fourth-order valence-corrected chi connectivity index (χ4v) is 3.07. The highest BCUT2D eigenvalue weighted by atomic mass is 35.5. The summed E-state index contributed by atoms with van der Waals surface area (Å²) in [6.07, 6.45) is 0.745. The van der Waals surface area contributed by atoms with Crippen LogP contribution >= 0.6 is 11.6 Å². The minimum atomic E-state index is -0.703. The van der Waals surface area contributed by atoms with Gasteiger partial charge in [0.15, 0.2) is 0 Å². The summed E-state index contributed by atoms with van der Waals surface area (Å²) in [5.41, 5.74) is -0.794. The number of benzene rings is 2. The Kier molecular flexibility index (Phi) is 5.65. The number of carbonyl (C=O) groups excluding carboxylic acids is 1. The molecule has 0 aliphatic carbocycles. The van der Waals surface area contributed by atoms with Crippen LogP contribution in [0.1, 0.15) is 20.3 Å². The van der Waals surface area contributed by atoms with Crippen molar-refractivity contribution in [2.45, 2.75) is 32.9 Å². The Labute approximate surface area is 165 Å². The average molecular weight is 404 g/mol. The molecule has 1 aromatic heterocycles. The van der Waals surface area contributed by atoms with Crippen molar-refractivity contribution in [3.8, 4) is 5.69 Å². The van der Waals surface area contributed by atoms with E-state index in [1.807, 2.05) is 13.8 Å². The van der Waals surface area contributed by atoms with Gasteiger partial charge in [-0.3, -0.25) is 14.2 Å². The zero-order valence-electron chi connectivity index (χ0n) is 15.4. The van der Waals surface area contributed by atoms with Gasteiger partial charge in [-0.15, -0.1) is 0 Å². The van der Waals surface area contributed by atoms with Crippen LogP contribution in [0.2, 0.25) is 5.02 Å². The normalized spacial score (nSPS) is 12.1.